The van der Waals surface area contributed by atoms with E-state index in [2.05, 4.69) is 161 Å². The van der Waals surface area contributed by atoms with Gasteiger partial charge in [-0.3, -0.25) is 4.79 Å². The topological polar surface area (TPSA) is 63.9 Å². The number of methoxy groups -OCH3 is 4. The second-order valence-electron chi connectivity index (χ2n) is 18.2. The van der Waals surface area contributed by atoms with Crippen molar-refractivity contribution in [1.82, 2.24) is 9.13 Å². The summed E-state index contributed by atoms with van der Waals surface area (Å²) in [7, 11) is 3.61. The molecule has 0 bridgehead atoms. The fraction of sp³-hybridized carbons (Fsp3) is 0.0615. The number of nitrogens with zero attached hydrogens (tertiary/aromatic N) is 2. The highest BCUT2D eigenvalue weighted by Gasteiger charge is 2.31. The molecule has 73 heavy (non-hydrogen) atoms. The van der Waals surface area contributed by atoms with Crippen LogP contribution in [0.3, 0.4) is 0 Å². The van der Waals surface area contributed by atoms with E-state index < -0.39 is 8.07 Å². The number of carbonyl (C=O) groups excluding carboxylic acids is 1. The first-order chi connectivity index (χ1) is 35.9. The van der Waals surface area contributed by atoms with Gasteiger partial charge in [-0.05, 0) is 98.1 Å². The van der Waals surface area contributed by atoms with Crippen molar-refractivity contribution in [3.05, 3.63) is 242 Å². The zero-order chi connectivity index (χ0) is 49.6. The Hall–Kier alpha value is -9.11. The Morgan fingerprint density at radius 1 is 0.356 bits per heavy atom. The Labute approximate surface area is 424 Å². The van der Waals surface area contributed by atoms with Gasteiger partial charge in [-0.25, -0.2) is 0 Å². The minimum Gasteiger partial charge on any atom is -0.497 e. The van der Waals surface area contributed by atoms with Gasteiger partial charge in [0.2, 0.25) is 0 Å². The predicted molar refractivity (Wildman–Crippen MR) is 300 cm³/mol. The summed E-state index contributed by atoms with van der Waals surface area (Å²) in [6, 6.07) is 80.8. The first kappa shape index (κ1) is 45.1. The molecule has 0 aliphatic heterocycles. The van der Waals surface area contributed by atoms with E-state index in [0.29, 0.717) is 11.1 Å². The van der Waals surface area contributed by atoms with E-state index in [1.807, 2.05) is 78.9 Å². The SMILES string of the molecule is COc1ccc2c(c1)c1cc(OC)ccc1n2-c1ccc([Si-](c2ccccc2)(c2ccccc2)c2ccc(-c3ccccc3C(=O)c3ccccc3)cc2)cc1-n1c2ccc(OC)cc2c2cc(OC)ccc21. The average Bonchev–Trinajstić information content (AvgIpc) is 3.96. The number of fused-ring (bicyclic) bond motifs is 6. The lowest BCUT2D eigenvalue weighted by Crippen LogP contribution is -2.74. The van der Waals surface area contributed by atoms with Crippen LogP contribution in [-0.4, -0.2) is 51.4 Å². The molecule has 12 rings (SSSR count). The van der Waals surface area contributed by atoms with Crippen molar-refractivity contribution < 1.29 is 23.7 Å². The molecule has 10 aromatic carbocycles. The molecule has 0 atom stereocenters. The molecule has 0 N–H and O–H groups in total. The third-order valence-corrected chi connectivity index (χ3v) is 19.3. The van der Waals surface area contributed by atoms with Crippen molar-refractivity contribution in [1.29, 1.82) is 0 Å². The first-order valence-electron chi connectivity index (χ1n) is 24.3. The second kappa shape index (κ2) is 18.6. The van der Waals surface area contributed by atoms with Gasteiger partial charge in [-0.15, -0.1) is 0 Å². The number of aromatic nitrogens is 2. The number of benzene rings is 10. The van der Waals surface area contributed by atoms with E-state index in [-0.39, 0.29) is 5.78 Å². The summed E-state index contributed by atoms with van der Waals surface area (Å²) < 4.78 is 28.2. The van der Waals surface area contributed by atoms with Crippen LogP contribution in [0.4, 0.5) is 0 Å². The Morgan fingerprint density at radius 2 is 0.740 bits per heavy atom. The van der Waals surface area contributed by atoms with E-state index in [0.717, 1.165) is 89.1 Å². The highest BCUT2D eigenvalue weighted by atomic mass is 28.3. The maximum Gasteiger partial charge on any atom is 0.193 e. The van der Waals surface area contributed by atoms with E-state index in [9.17, 15) is 4.79 Å². The zero-order valence-electron chi connectivity index (χ0n) is 40.9. The highest BCUT2D eigenvalue weighted by Crippen LogP contribution is 2.41. The van der Waals surface area contributed by atoms with Crippen LogP contribution >= 0.6 is 0 Å². The molecule has 2 aromatic heterocycles. The van der Waals surface area contributed by atoms with Gasteiger partial charge in [0.05, 0.1) is 61.9 Å². The molecular formula is C65H50N2O5Si-. The second-order valence-corrected chi connectivity index (χ2v) is 22.0. The molecule has 2 heterocycles. The fourth-order valence-electron chi connectivity index (χ4n) is 11.1. The summed E-state index contributed by atoms with van der Waals surface area (Å²) in [6.07, 6.45) is 0. The van der Waals surface area contributed by atoms with Crippen LogP contribution in [0.2, 0.25) is 0 Å². The van der Waals surface area contributed by atoms with Gasteiger partial charge < -0.3 is 28.1 Å². The summed E-state index contributed by atoms with van der Waals surface area (Å²) in [5.74, 6) is 3.07. The lowest BCUT2D eigenvalue weighted by atomic mass is 9.94. The molecule has 0 fully saturated rings. The van der Waals surface area contributed by atoms with Crippen LogP contribution in [0.25, 0.3) is 66.1 Å². The highest BCUT2D eigenvalue weighted by molar-refractivity contribution is 7.20. The van der Waals surface area contributed by atoms with Crippen LogP contribution < -0.4 is 39.7 Å². The standard InChI is InChI=1S/C65H50N2O5Si/c1-69-45-26-33-59-55(38-45)56-39-46(70-2)27-34-60(56)66(59)63-37-32-52(42-64(63)67-61-35-28-47(71-3)40-57(61)58-41-48(72-4)29-36-62(58)67)73(49-18-10-6-11-19-49,50-20-12-7-13-21-50)51-30-24-43(25-31-51)53-22-14-15-23-54(53)65(68)44-16-8-5-9-17-44/h5-42H,1-4H3/q-1. The molecule has 8 heteroatoms. The molecule has 0 amide bonds. The van der Waals surface area contributed by atoms with Crippen LogP contribution in [0.5, 0.6) is 23.0 Å². The molecule has 7 nitrogen and oxygen atoms in total. The molecule has 0 radical (unpaired) electrons. The first-order valence-corrected chi connectivity index (χ1v) is 26.3. The van der Waals surface area contributed by atoms with Crippen LogP contribution in [-0.2, 0) is 0 Å². The minimum absolute atomic E-state index is 0.00587. The Bertz CT molecular complexity index is 3870. The van der Waals surface area contributed by atoms with Crippen molar-refractivity contribution in [2.75, 3.05) is 28.4 Å². The van der Waals surface area contributed by atoms with E-state index in [1.165, 1.54) is 20.7 Å². The van der Waals surface area contributed by atoms with Crippen LogP contribution in [0.1, 0.15) is 15.9 Å². The molecule has 0 spiro atoms. The number of hydrogen-bond donors (Lipinski definition) is 0. The molecule has 355 valence electrons. The zero-order valence-corrected chi connectivity index (χ0v) is 41.9. The third kappa shape index (κ3) is 7.45. The number of ether oxygens (including phenoxy) is 4. The van der Waals surface area contributed by atoms with Crippen molar-refractivity contribution >= 4 is 78.2 Å². The van der Waals surface area contributed by atoms with Crippen molar-refractivity contribution in [3.8, 4) is 45.5 Å². The summed E-state index contributed by atoms with van der Waals surface area (Å²) >= 11 is 0. The third-order valence-electron chi connectivity index (χ3n) is 14.5. The van der Waals surface area contributed by atoms with E-state index >= 15 is 0 Å². The van der Waals surface area contributed by atoms with Gasteiger partial charge in [0, 0.05) is 32.7 Å². The van der Waals surface area contributed by atoms with Crippen LogP contribution in [0, 0.1) is 0 Å². The van der Waals surface area contributed by atoms with Gasteiger partial charge in [0.1, 0.15) is 23.0 Å². The van der Waals surface area contributed by atoms with Crippen molar-refractivity contribution in [2.24, 2.45) is 0 Å². The maximum absolute atomic E-state index is 14.1. The van der Waals surface area contributed by atoms with Crippen LogP contribution in [0.15, 0.2) is 231 Å². The predicted octanol–water partition coefficient (Wildman–Crippen LogP) is 12.2. The van der Waals surface area contributed by atoms with Crippen molar-refractivity contribution in [2.45, 2.75) is 0 Å². The summed E-state index contributed by atoms with van der Waals surface area (Å²) in [4.78, 5) is 14.1. The summed E-state index contributed by atoms with van der Waals surface area (Å²) in [5.41, 5.74) is 9.26. The lowest BCUT2D eigenvalue weighted by molar-refractivity contribution is 0.103. The molecule has 12 aromatic rings. The smallest absolute Gasteiger partial charge is 0.193 e. The van der Waals surface area contributed by atoms with E-state index in [4.69, 9.17) is 18.9 Å². The molecule has 0 aliphatic rings. The number of hydrogen-bond acceptors (Lipinski definition) is 5. The monoisotopic (exact) mass is 966 g/mol. The van der Waals surface area contributed by atoms with Gasteiger partial charge >= 0.3 is 0 Å². The summed E-state index contributed by atoms with van der Waals surface area (Å²) in [5, 5.41) is 9.04. The molecule has 0 unspecified atom stereocenters. The number of ketones is 1. The molecule has 0 saturated heterocycles. The van der Waals surface area contributed by atoms with E-state index in [1.54, 1.807) is 28.4 Å². The van der Waals surface area contributed by atoms with Crippen molar-refractivity contribution in [3.63, 3.8) is 0 Å². The summed E-state index contributed by atoms with van der Waals surface area (Å²) in [6.45, 7) is 0. The largest absolute Gasteiger partial charge is 0.497 e. The number of carbonyl (C=O) groups is 1. The quantitative estimate of drug-likeness (QED) is 0.0654. The van der Waals surface area contributed by atoms with Gasteiger partial charge in [-0.1, -0.05) is 152 Å². The average molecular weight is 967 g/mol. The Balaban J connectivity index is 1.18. The van der Waals surface area contributed by atoms with Gasteiger partial charge in [0.25, 0.3) is 0 Å². The molecule has 0 aliphatic carbocycles. The minimum atomic E-state index is -3.22. The number of rotatable bonds is 13. The van der Waals surface area contributed by atoms with Gasteiger partial charge in [0.15, 0.2) is 5.78 Å². The molecule has 0 saturated carbocycles. The maximum atomic E-state index is 14.1. The Kier molecular flexibility index (Phi) is 11.5. The molecular weight excluding hydrogens is 917 g/mol. The fourth-order valence-corrected chi connectivity index (χ4v) is 15.8. The lowest BCUT2D eigenvalue weighted by Gasteiger charge is -2.47. The Morgan fingerprint density at radius 3 is 1.19 bits per heavy atom. The normalized spacial score (nSPS) is 11.6. The van der Waals surface area contributed by atoms with Gasteiger partial charge in [-0.2, -0.15) is 20.7 Å².